The normalized spacial score (nSPS) is 45.8. The summed E-state index contributed by atoms with van der Waals surface area (Å²) in [5.74, 6) is 5.05. The molecule has 0 heterocycles. The van der Waals surface area contributed by atoms with Crippen molar-refractivity contribution in [1.82, 2.24) is 0 Å². The van der Waals surface area contributed by atoms with E-state index in [1.54, 1.807) is 0 Å². The maximum Gasteiger partial charge on any atom is 0.0940 e. The SMILES string of the molecule is C/C(C#N)=C/CC1C2CC3CC(C2)CC1C3. The van der Waals surface area contributed by atoms with Crippen LogP contribution in [0.25, 0.3) is 0 Å². The zero-order valence-corrected chi connectivity index (χ0v) is 10.2. The molecule has 1 nitrogen and oxygen atoms in total. The standard InChI is InChI=1S/C15H21N/c1-10(9-16)2-3-15-13-5-11-4-12(7-13)8-14(15)6-11/h2,11-15H,3-8H2,1H3/b10-2-. The van der Waals surface area contributed by atoms with Crippen LogP contribution in [0.3, 0.4) is 0 Å². The number of nitrogens with zero attached hydrogens (tertiary/aromatic N) is 1. The summed E-state index contributed by atoms with van der Waals surface area (Å²) in [6, 6.07) is 2.25. The van der Waals surface area contributed by atoms with Crippen LogP contribution < -0.4 is 0 Å². The second-order valence-electron chi connectivity index (χ2n) is 6.33. The lowest BCUT2D eigenvalue weighted by atomic mass is 9.51. The highest BCUT2D eigenvalue weighted by atomic mass is 14.5. The largest absolute Gasteiger partial charge is 0.193 e. The van der Waals surface area contributed by atoms with Gasteiger partial charge in [0.2, 0.25) is 0 Å². The van der Waals surface area contributed by atoms with E-state index in [0.29, 0.717) is 0 Å². The summed E-state index contributed by atoms with van der Waals surface area (Å²) in [7, 11) is 0. The average molecular weight is 215 g/mol. The summed E-state index contributed by atoms with van der Waals surface area (Å²) in [4.78, 5) is 0. The fourth-order valence-corrected chi connectivity index (χ4v) is 4.78. The summed E-state index contributed by atoms with van der Waals surface area (Å²) < 4.78 is 0. The third-order valence-electron chi connectivity index (χ3n) is 5.29. The molecule has 0 N–H and O–H groups in total. The predicted octanol–water partition coefficient (Wildman–Crippen LogP) is 3.92. The summed E-state index contributed by atoms with van der Waals surface area (Å²) in [6.45, 7) is 1.94. The summed E-state index contributed by atoms with van der Waals surface area (Å²) >= 11 is 0. The van der Waals surface area contributed by atoms with Gasteiger partial charge in [-0.05, 0) is 75.0 Å². The van der Waals surface area contributed by atoms with Crippen LogP contribution in [-0.2, 0) is 0 Å². The molecule has 4 rings (SSSR count). The van der Waals surface area contributed by atoms with E-state index in [-0.39, 0.29) is 0 Å². The molecular formula is C15H21N. The predicted molar refractivity (Wildman–Crippen MR) is 64.5 cm³/mol. The molecule has 1 heteroatoms. The molecule has 0 aliphatic heterocycles. The van der Waals surface area contributed by atoms with Crippen molar-refractivity contribution in [3.63, 3.8) is 0 Å². The quantitative estimate of drug-likeness (QED) is 0.640. The second kappa shape index (κ2) is 3.91. The lowest BCUT2D eigenvalue weighted by Crippen LogP contribution is -2.44. The minimum atomic E-state index is 0.911. The van der Waals surface area contributed by atoms with Crippen LogP contribution in [0.1, 0.15) is 45.4 Å². The summed E-state index contributed by atoms with van der Waals surface area (Å²) in [6.07, 6.45) is 10.9. The molecule has 0 unspecified atom stereocenters. The minimum Gasteiger partial charge on any atom is -0.193 e. The number of hydrogen-bond donors (Lipinski definition) is 0. The van der Waals surface area contributed by atoms with Gasteiger partial charge in [-0.3, -0.25) is 0 Å². The van der Waals surface area contributed by atoms with Gasteiger partial charge in [-0.15, -0.1) is 0 Å². The smallest absolute Gasteiger partial charge is 0.0940 e. The number of hydrogen-bond acceptors (Lipinski definition) is 1. The van der Waals surface area contributed by atoms with Crippen LogP contribution in [0.4, 0.5) is 0 Å². The van der Waals surface area contributed by atoms with Crippen molar-refractivity contribution in [2.45, 2.75) is 45.4 Å². The third kappa shape index (κ3) is 1.69. The molecule has 0 amide bonds. The first-order chi connectivity index (χ1) is 7.76. The van der Waals surface area contributed by atoms with Gasteiger partial charge in [-0.1, -0.05) is 6.08 Å². The Kier molecular flexibility index (Phi) is 2.54. The first kappa shape index (κ1) is 10.4. The zero-order valence-electron chi connectivity index (χ0n) is 10.2. The fourth-order valence-electron chi connectivity index (χ4n) is 4.78. The van der Waals surface area contributed by atoms with Crippen LogP contribution in [0.15, 0.2) is 11.6 Å². The Labute approximate surface area is 98.5 Å². The monoisotopic (exact) mass is 215 g/mol. The van der Waals surface area contributed by atoms with Gasteiger partial charge < -0.3 is 0 Å². The third-order valence-corrected chi connectivity index (χ3v) is 5.29. The Bertz CT molecular complexity index is 319. The molecule has 0 aromatic rings. The van der Waals surface area contributed by atoms with E-state index in [2.05, 4.69) is 12.1 Å². The molecule has 0 aromatic heterocycles. The van der Waals surface area contributed by atoms with E-state index < -0.39 is 0 Å². The lowest BCUT2D eigenvalue weighted by molar-refractivity contribution is -0.0349. The topological polar surface area (TPSA) is 23.8 Å². The maximum atomic E-state index is 8.80. The molecule has 0 saturated heterocycles. The van der Waals surface area contributed by atoms with Crippen LogP contribution in [0.2, 0.25) is 0 Å². The van der Waals surface area contributed by atoms with Crippen LogP contribution in [0.5, 0.6) is 0 Å². The van der Waals surface area contributed by atoms with Crippen molar-refractivity contribution in [2.24, 2.45) is 29.6 Å². The van der Waals surface area contributed by atoms with Gasteiger partial charge in [-0.25, -0.2) is 0 Å². The maximum absolute atomic E-state index is 8.80. The molecule has 0 radical (unpaired) electrons. The van der Waals surface area contributed by atoms with Crippen LogP contribution >= 0.6 is 0 Å². The zero-order chi connectivity index (χ0) is 11.1. The van der Waals surface area contributed by atoms with E-state index in [4.69, 9.17) is 5.26 Å². The van der Waals surface area contributed by atoms with E-state index in [9.17, 15) is 0 Å². The van der Waals surface area contributed by atoms with Gasteiger partial charge >= 0.3 is 0 Å². The van der Waals surface area contributed by atoms with Gasteiger partial charge in [0.1, 0.15) is 0 Å². The molecule has 86 valence electrons. The van der Waals surface area contributed by atoms with Crippen molar-refractivity contribution < 1.29 is 0 Å². The highest BCUT2D eigenvalue weighted by Gasteiger charge is 2.47. The molecule has 4 bridgehead atoms. The molecule has 4 fully saturated rings. The molecule has 4 aliphatic rings. The van der Waals surface area contributed by atoms with Gasteiger partial charge in [0.25, 0.3) is 0 Å². The highest BCUT2D eigenvalue weighted by Crippen LogP contribution is 2.57. The fraction of sp³-hybridized carbons (Fsp3) is 0.800. The second-order valence-corrected chi connectivity index (χ2v) is 6.33. The van der Waals surface area contributed by atoms with Crippen molar-refractivity contribution in [3.05, 3.63) is 11.6 Å². The van der Waals surface area contributed by atoms with Crippen molar-refractivity contribution >= 4 is 0 Å². The number of nitriles is 1. The van der Waals surface area contributed by atoms with E-state index in [0.717, 1.165) is 35.2 Å². The Balaban J connectivity index is 1.70. The van der Waals surface area contributed by atoms with Crippen LogP contribution in [-0.4, -0.2) is 0 Å². The Hall–Kier alpha value is -0.770. The first-order valence-electron chi connectivity index (χ1n) is 6.83. The summed E-state index contributed by atoms with van der Waals surface area (Å²) in [5, 5.41) is 8.80. The number of allylic oxidation sites excluding steroid dienone is 2. The van der Waals surface area contributed by atoms with Gasteiger partial charge in [0, 0.05) is 5.57 Å². The molecule has 4 saturated carbocycles. The molecule has 0 atom stereocenters. The molecule has 0 aromatic carbocycles. The summed E-state index contributed by atoms with van der Waals surface area (Å²) in [5.41, 5.74) is 0.911. The Morgan fingerprint density at radius 1 is 1.12 bits per heavy atom. The molecule has 0 spiro atoms. The number of rotatable bonds is 2. The molecular weight excluding hydrogens is 194 g/mol. The van der Waals surface area contributed by atoms with E-state index >= 15 is 0 Å². The molecule has 16 heavy (non-hydrogen) atoms. The highest BCUT2D eigenvalue weighted by molar-refractivity contribution is 5.17. The van der Waals surface area contributed by atoms with Gasteiger partial charge in [-0.2, -0.15) is 5.26 Å². The van der Waals surface area contributed by atoms with Crippen molar-refractivity contribution in [1.29, 1.82) is 5.26 Å². The Morgan fingerprint density at radius 2 is 1.69 bits per heavy atom. The van der Waals surface area contributed by atoms with Gasteiger partial charge in [0.05, 0.1) is 6.07 Å². The van der Waals surface area contributed by atoms with E-state index in [1.807, 2.05) is 6.92 Å². The minimum absolute atomic E-state index is 0.911. The van der Waals surface area contributed by atoms with Gasteiger partial charge in [0.15, 0.2) is 0 Å². The molecule has 4 aliphatic carbocycles. The van der Waals surface area contributed by atoms with E-state index in [1.165, 1.54) is 38.5 Å². The van der Waals surface area contributed by atoms with Crippen LogP contribution in [0, 0.1) is 40.9 Å². The first-order valence-corrected chi connectivity index (χ1v) is 6.83. The Morgan fingerprint density at radius 3 is 2.19 bits per heavy atom. The average Bonchev–Trinajstić information content (AvgIpc) is 2.26. The van der Waals surface area contributed by atoms with Crippen molar-refractivity contribution in [3.8, 4) is 6.07 Å². The lowest BCUT2D eigenvalue weighted by Gasteiger charge is -2.54. The van der Waals surface area contributed by atoms with Crippen molar-refractivity contribution in [2.75, 3.05) is 0 Å².